The zero-order valence-corrected chi connectivity index (χ0v) is 15.0. The molecule has 2 aromatic carbocycles. The summed E-state index contributed by atoms with van der Waals surface area (Å²) < 4.78 is 10.4. The molecule has 138 valence electrons. The summed E-state index contributed by atoms with van der Waals surface area (Å²) in [5.41, 5.74) is 2.03. The maximum Gasteiger partial charge on any atom is 0.311 e. The van der Waals surface area contributed by atoms with Crippen LogP contribution in [0.4, 0.5) is 5.69 Å². The van der Waals surface area contributed by atoms with Crippen molar-refractivity contribution in [3.8, 4) is 11.5 Å². The fourth-order valence-corrected chi connectivity index (χ4v) is 2.50. The van der Waals surface area contributed by atoms with E-state index in [1.165, 1.54) is 25.3 Å². The number of aryl methyl sites for hydroxylation is 1. The Labute approximate surface area is 152 Å². The zero-order chi connectivity index (χ0) is 19.1. The summed E-state index contributed by atoms with van der Waals surface area (Å²) in [5, 5.41) is 13.8. The van der Waals surface area contributed by atoms with Gasteiger partial charge in [0.25, 0.3) is 5.91 Å². The molecule has 0 aromatic heterocycles. The molecule has 7 nitrogen and oxygen atoms in total. The molecule has 0 saturated carbocycles. The molecule has 0 bridgehead atoms. The van der Waals surface area contributed by atoms with E-state index in [2.05, 4.69) is 5.32 Å². The van der Waals surface area contributed by atoms with E-state index in [1.54, 1.807) is 0 Å². The van der Waals surface area contributed by atoms with E-state index in [4.69, 9.17) is 9.47 Å². The third-order valence-electron chi connectivity index (χ3n) is 3.94. The molecule has 2 aromatic rings. The fourth-order valence-electron chi connectivity index (χ4n) is 2.50. The average Bonchev–Trinajstić information content (AvgIpc) is 2.64. The highest BCUT2D eigenvalue weighted by Gasteiger charge is 2.17. The first-order valence-electron chi connectivity index (χ1n) is 8.25. The smallest absolute Gasteiger partial charge is 0.311 e. The summed E-state index contributed by atoms with van der Waals surface area (Å²) in [6.07, 6.45) is 0.750. The Morgan fingerprint density at radius 3 is 2.50 bits per heavy atom. The minimum absolute atomic E-state index is 0.0824. The topological polar surface area (TPSA) is 90.7 Å². The first kappa shape index (κ1) is 19.2. The van der Waals surface area contributed by atoms with Crippen LogP contribution in [-0.2, 0) is 4.79 Å². The lowest BCUT2D eigenvalue weighted by Crippen LogP contribution is -2.32. The number of rotatable bonds is 8. The van der Waals surface area contributed by atoms with Crippen molar-refractivity contribution >= 4 is 11.6 Å². The molecule has 0 aliphatic rings. The minimum Gasteiger partial charge on any atom is -0.490 e. The van der Waals surface area contributed by atoms with Crippen LogP contribution in [0.5, 0.6) is 11.5 Å². The molecule has 0 unspecified atom stereocenters. The van der Waals surface area contributed by atoms with Gasteiger partial charge in [0, 0.05) is 12.1 Å². The van der Waals surface area contributed by atoms with E-state index < -0.39 is 4.92 Å². The van der Waals surface area contributed by atoms with E-state index in [0.717, 1.165) is 17.5 Å². The predicted octanol–water partition coefficient (Wildman–Crippen LogP) is 3.56. The standard InChI is InChI=1S/C19H22N2O5/c1-4-16(14-7-5-13(2)6-8-14)20-19(22)12-26-15-9-10-17(21(23)24)18(11-15)25-3/h5-11,16H,4,12H2,1-3H3,(H,20,22)/t16-/m1/s1. The third kappa shape index (κ3) is 4.95. The van der Waals surface area contributed by atoms with E-state index >= 15 is 0 Å². The second kappa shape index (κ2) is 8.84. The lowest BCUT2D eigenvalue weighted by atomic mass is 10.0. The average molecular weight is 358 g/mol. The number of hydrogen-bond donors (Lipinski definition) is 1. The summed E-state index contributed by atoms with van der Waals surface area (Å²) in [5.74, 6) is 0.139. The number of methoxy groups -OCH3 is 1. The number of carbonyl (C=O) groups is 1. The second-order valence-corrected chi connectivity index (χ2v) is 5.82. The Hall–Kier alpha value is -3.09. The molecule has 0 radical (unpaired) electrons. The van der Waals surface area contributed by atoms with Crippen molar-refractivity contribution in [3.63, 3.8) is 0 Å². The van der Waals surface area contributed by atoms with Gasteiger partial charge in [-0.05, 0) is 25.0 Å². The van der Waals surface area contributed by atoms with E-state index in [0.29, 0.717) is 5.75 Å². The Balaban J connectivity index is 1.97. The summed E-state index contributed by atoms with van der Waals surface area (Å²) in [4.78, 5) is 22.5. The van der Waals surface area contributed by atoms with Gasteiger partial charge in [-0.15, -0.1) is 0 Å². The van der Waals surface area contributed by atoms with Gasteiger partial charge >= 0.3 is 5.69 Å². The van der Waals surface area contributed by atoms with Crippen molar-refractivity contribution in [2.45, 2.75) is 26.3 Å². The number of nitro groups is 1. The molecule has 0 aliphatic carbocycles. The number of amides is 1. The molecule has 26 heavy (non-hydrogen) atoms. The van der Waals surface area contributed by atoms with E-state index in [-0.39, 0.29) is 30.0 Å². The maximum atomic E-state index is 12.2. The van der Waals surface area contributed by atoms with Crippen LogP contribution in [0.1, 0.15) is 30.5 Å². The zero-order valence-electron chi connectivity index (χ0n) is 15.0. The first-order chi connectivity index (χ1) is 12.4. The van der Waals surface area contributed by atoms with E-state index in [9.17, 15) is 14.9 Å². The highest BCUT2D eigenvalue weighted by Crippen LogP contribution is 2.30. The van der Waals surface area contributed by atoms with Crippen molar-refractivity contribution in [3.05, 3.63) is 63.7 Å². The fraction of sp³-hybridized carbons (Fsp3) is 0.316. The van der Waals surface area contributed by atoms with Crippen molar-refractivity contribution in [1.29, 1.82) is 0 Å². The van der Waals surface area contributed by atoms with Crippen molar-refractivity contribution in [1.82, 2.24) is 5.32 Å². The van der Waals surface area contributed by atoms with Gasteiger partial charge in [0.15, 0.2) is 6.61 Å². The largest absolute Gasteiger partial charge is 0.490 e. The van der Waals surface area contributed by atoms with Gasteiger partial charge < -0.3 is 14.8 Å². The van der Waals surface area contributed by atoms with Crippen LogP contribution in [0.2, 0.25) is 0 Å². The lowest BCUT2D eigenvalue weighted by Gasteiger charge is -2.18. The summed E-state index contributed by atoms with van der Waals surface area (Å²) in [6, 6.07) is 12.0. The lowest BCUT2D eigenvalue weighted by molar-refractivity contribution is -0.385. The Morgan fingerprint density at radius 1 is 1.23 bits per heavy atom. The maximum absolute atomic E-state index is 12.2. The second-order valence-electron chi connectivity index (χ2n) is 5.82. The number of nitrogens with one attached hydrogen (secondary N) is 1. The summed E-state index contributed by atoms with van der Waals surface area (Å²) in [6.45, 7) is 3.81. The van der Waals surface area contributed by atoms with Crippen LogP contribution in [0.25, 0.3) is 0 Å². The molecule has 0 spiro atoms. The molecule has 0 fully saturated rings. The van der Waals surface area contributed by atoms with Crippen LogP contribution < -0.4 is 14.8 Å². The summed E-state index contributed by atoms with van der Waals surface area (Å²) >= 11 is 0. The quantitative estimate of drug-likeness (QED) is 0.575. The molecule has 0 aliphatic heterocycles. The Bertz CT molecular complexity index is 774. The van der Waals surface area contributed by atoms with Gasteiger partial charge in [0.1, 0.15) is 5.75 Å². The van der Waals surface area contributed by atoms with Gasteiger partial charge in [-0.3, -0.25) is 14.9 Å². The SMILES string of the molecule is CC[C@@H](NC(=O)COc1ccc([N+](=O)[O-])c(OC)c1)c1ccc(C)cc1. The highest BCUT2D eigenvalue weighted by molar-refractivity contribution is 5.78. The minimum atomic E-state index is -0.539. The van der Waals surface area contributed by atoms with Crippen LogP contribution in [0.15, 0.2) is 42.5 Å². The van der Waals surface area contributed by atoms with Gasteiger partial charge in [0.05, 0.1) is 18.1 Å². The van der Waals surface area contributed by atoms with Crippen molar-refractivity contribution in [2.24, 2.45) is 0 Å². The summed E-state index contributed by atoms with van der Waals surface area (Å²) in [7, 11) is 1.34. The third-order valence-corrected chi connectivity index (χ3v) is 3.94. The van der Waals surface area contributed by atoms with Crippen molar-refractivity contribution in [2.75, 3.05) is 13.7 Å². The molecular weight excluding hydrogens is 336 g/mol. The van der Waals surface area contributed by atoms with Crippen LogP contribution >= 0.6 is 0 Å². The highest BCUT2D eigenvalue weighted by atomic mass is 16.6. The van der Waals surface area contributed by atoms with Gasteiger partial charge in [-0.1, -0.05) is 36.8 Å². The number of benzene rings is 2. The monoisotopic (exact) mass is 358 g/mol. The molecule has 2 rings (SSSR count). The molecule has 1 amide bonds. The number of nitro benzene ring substituents is 1. The van der Waals surface area contributed by atoms with Crippen LogP contribution in [0, 0.1) is 17.0 Å². The molecule has 0 heterocycles. The first-order valence-corrected chi connectivity index (χ1v) is 8.25. The number of hydrogen-bond acceptors (Lipinski definition) is 5. The van der Waals surface area contributed by atoms with Gasteiger partial charge in [-0.25, -0.2) is 0 Å². The molecular formula is C19H22N2O5. The van der Waals surface area contributed by atoms with Crippen molar-refractivity contribution < 1.29 is 19.2 Å². The number of nitrogens with zero attached hydrogens (tertiary/aromatic N) is 1. The molecule has 0 saturated heterocycles. The number of carbonyl (C=O) groups excluding carboxylic acids is 1. The van der Waals surface area contributed by atoms with Gasteiger partial charge in [-0.2, -0.15) is 0 Å². The molecule has 1 atom stereocenters. The van der Waals surface area contributed by atoms with Crippen LogP contribution in [-0.4, -0.2) is 24.5 Å². The Morgan fingerprint density at radius 2 is 1.92 bits per heavy atom. The van der Waals surface area contributed by atoms with E-state index in [1.807, 2.05) is 38.1 Å². The molecule has 1 N–H and O–H groups in total. The predicted molar refractivity (Wildman–Crippen MR) is 97.5 cm³/mol. The van der Waals surface area contributed by atoms with Gasteiger partial charge in [0.2, 0.25) is 5.75 Å². The normalized spacial score (nSPS) is 11.5. The Kier molecular flexibility index (Phi) is 6.54. The van der Waals surface area contributed by atoms with Crippen LogP contribution in [0.3, 0.4) is 0 Å². The molecule has 7 heteroatoms. The number of ether oxygens (including phenoxy) is 2.